The van der Waals surface area contributed by atoms with E-state index in [9.17, 15) is 0 Å². The van der Waals surface area contributed by atoms with Crippen LogP contribution >= 0.6 is 0 Å². The molecule has 0 atom stereocenters. The molecule has 0 bridgehead atoms. The Bertz CT molecular complexity index is 511. The first-order valence-corrected chi connectivity index (χ1v) is 6.35. The summed E-state index contributed by atoms with van der Waals surface area (Å²) in [6, 6.07) is 2.57. The summed E-state index contributed by atoms with van der Waals surface area (Å²) in [7, 11) is 0. The molecular formula is C14H21N3O. The lowest BCUT2D eigenvalue weighted by molar-refractivity contribution is 0.424. The van der Waals surface area contributed by atoms with Gasteiger partial charge in [-0.1, -0.05) is 13.8 Å². The SMILES string of the molecule is Cc1cc(Cn2ccnc2C)oc1CNC(C)C. The molecule has 4 heteroatoms. The highest BCUT2D eigenvalue weighted by atomic mass is 16.3. The van der Waals surface area contributed by atoms with Crippen molar-refractivity contribution in [2.75, 3.05) is 0 Å². The molecule has 0 fully saturated rings. The Labute approximate surface area is 108 Å². The van der Waals surface area contributed by atoms with Gasteiger partial charge in [-0.15, -0.1) is 0 Å². The number of imidazole rings is 1. The summed E-state index contributed by atoms with van der Waals surface area (Å²) in [5.41, 5.74) is 1.20. The van der Waals surface area contributed by atoms with Gasteiger partial charge in [-0.25, -0.2) is 4.98 Å². The summed E-state index contributed by atoms with van der Waals surface area (Å²) in [4.78, 5) is 4.21. The molecule has 0 spiro atoms. The standard InChI is InChI=1S/C14H21N3O/c1-10(2)16-8-14-11(3)7-13(18-14)9-17-6-5-15-12(17)4/h5-7,10,16H,8-9H2,1-4H3. The molecule has 0 amide bonds. The molecule has 98 valence electrons. The summed E-state index contributed by atoms with van der Waals surface area (Å²) in [5, 5.41) is 3.37. The summed E-state index contributed by atoms with van der Waals surface area (Å²) in [6.45, 7) is 9.88. The van der Waals surface area contributed by atoms with Crippen LogP contribution in [0.5, 0.6) is 0 Å². The molecule has 0 aliphatic heterocycles. The highest BCUT2D eigenvalue weighted by molar-refractivity contribution is 5.20. The van der Waals surface area contributed by atoms with E-state index in [-0.39, 0.29) is 0 Å². The number of rotatable bonds is 5. The van der Waals surface area contributed by atoms with Gasteiger partial charge in [0.1, 0.15) is 17.3 Å². The predicted octanol–water partition coefficient (Wildman–Crippen LogP) is 2.64. The maximum Gasteiger partial charge on any atom is 0.124 e. The molecule has 1 N–H and O–H groups in total. The average molecular weight is 247 g/mol. The predicted molar refractivity (Wildman–Crippen MR) is 71.5 cm³/mol. The van der Waals surface area contributed by atoms with Gasteiger partial charge in [0.05, 0.1) is 13.1 Å². The van der Waals surface area contributed by atoms with Gasteiger partial charge in [-0.2, -0.15) is 0 Å². The lowest BCUT2D eigenvalue weighted by Crippen LogP contribution is -2.21. The van der Waals surface area contributed by atoms with Crippen molar-refractivity contribution in [2.45, 2.75) is 46.8 Å². The Morgan fingerprint density at radius 1 is 1.39 bits per heavy atom. The van der Waals surface area contributed by atoms with E-state index in [0.29, 0.717) is 6.04 Å². The number of aromatic nitrogens is 2. The quantitative estimate of drug-likeness (QED) is 0.883. The van der Waals surface area contributed by atoms with Gasteiger partial charge in [-0.3, -0.25) is 0 Å². The van der Waals surface area contributed by atoms with Crippen molar-refractivity contribution in [3.8, 4) is 0 Å². The largest absolute Gasteiger partial charge is 0.463 e. The second kappa shape index (κ2) is 5.40. The van der Waals surface area contributed by atoms with Gasteiger partial charge in [0, 0.05) is 18.4 Å². The van der Waals surface area contributed by atoms with Crippen LogP contribution in [0.4, 0.5) is 0 Å². The van der Waals surface area contributed by atoms with E-state index >= 15 is 0 Å². The molecule has 0 saturated carbocycles. The zero-order chi connectivity index (χ0) is 13.1. The first-order valence-electron chi connectivity index (χ1n) is 6.35. The molecule has 0 aliphatic carbocycles. The Hall–Kier alpha value is -1.55. The van der Waals surface area contributed by atoms with Crippen molar-refractivity contribution in [3.05, 3.63) is 41.4 Å². The molecule has 18 heavy (non-hydrogen) atoms. The summed E-state index contributed by atoms with van der Waals surface area (Å²) >= 11 is 0. The molecule has 2 aromatic heterocycles. The molecule has 2 rings (SSSR count). The Morgan fingerprint density at radius 3 is 2.78 bits per heavy atom. The molecule has 2 aromatic rings. The van der Waals surface area contributed by atoms with E-state index in [1.807, 2.05) is 19.3 Å². The fourth-order valence-corrected chi connectivity index (χ4v) is 1.88. The van der Waals surface area contributed by atoms with Gasteiger partial charge in [0.2, 0.25) is 0 Å². The van der Waals surface area contributed by atoms with Crippen LogP contribution in [0.2, 0.25) is 0 Å². The first kappa shape index (κ1) is 12.9. The van der Waals surface area contributed by atoms with Crippen LogP contribution < -0.4 is 5.32 Å². The maximum absolute atomic E-state index is 5.88. The maximum atomic E-state index is 5.88. The summed E-state index contributed by atoms with van der Waals surface area (Å²) in [5.74, 6) is 3.01. The lowest BCUT2D eigenvalue weighted by atomic mass is 10.2. The minimum atomic E-state index is 0.467. The molecule has 0 radical (unpaired) electrons. The Balaban J connectivity index is 2.07. The van der Waals surface area contributed by atoms with Crippen LogP contribution in [0.3, 0.4) is 0 Å². The minimum absolute atomic E-state index is 0.467. The third kappa shape index (κ3) is 3.01. The summed E-state index contributed by atoms with van der Waals surface area (Å²) < 4.78 is 7.96. The number of hydrogen-bond donors (Lipinski definition) is 1. The second-order valence-electron chi connectivity index (χ2n) is 4.96. The van der Waals surface area contributed by atoms with Crippen LogP contribution in [0.25, 0.3) is 0 Å². The van der Waals surface area contributed by atoms with Crippen molar-refractivity contribution in [1.29, 1.82) is 0 Å². The van der Waals surface area contributed by atoms with Gasteiger partial charge in [0.25, 0.3) is 0 Å². The number of hydrogen-bond acceptors (Lipinski definition) is 3. The third-order valence-corrected chi connectivity index (χ3v) is 2.99. The van der Waals surface area contributed by atoms with Crippen molar-refractivity contribution in [1.82, 2.24) is 14.9 Å². The number of furan rings is 1. The van der Waals surface area contributed by atoms with E-state index in [0.717, 1.165) is 30.4 Å². The first-order chi connectivity index (χ1) is 8.56. The van der Waals surface area contributed by atoms with Gasteiger partial charge >= 0.3 is 0 Å². The van der Waals surface area contributed by atoms with Crippen molar-refractivity contribution in [3.63, 3.8) is 0 Å². The zero-order valence-corrected chi connectivity index (χ0v) is 11.5. The Morgan fingerprint density at radius 2 is 2.17 bits per heavy atom. The van der Waals surface area contributed by atoms with E-state index in [1.165, 1.54) is 5.56 Å². The van der Waals surface area contributed by atoms with Crippen molar-refractivity contribution in [2.24, 2.45) is 0 Å². The van der Waals surface area contributed by atoms with Crippen LogP contribution in [0, 0.1) is 13.8 Å². The molecule has 0 aliphatic rings. The van der Waals surface area contributed by atoms with Crippen molar-refractivity contribution >= 4 is 0 Å². The highest BCUT2D eigenvalue weighted by Crippen LogP contribution is 2.16. The average Bonchev–Trinajstić information content (AvgIpc) is 2.84. The summed E-state index contributed by atoms with van der Waals surface area (Å²) in [6.07, 6.45) is 3.78. The third-order valence-electron chi connectivity index (χ3n) is 2.99. The van der Waals surface area contributed by atoms with Gasteiger partial charge in [-0.05, 0) is 25.5 Å². The van der Waals surface area contributed by atoms with E-state index < -0.39 is 0 Å². The Kier molecular flexibility index (Phi) is 3.87. The number of nitrogens with zero attached hydrogens (tertiary/aromatic N) is 2. The molecule has 4 nitrogen and oxygen atoms in total. The fraction of sp³-hybridized carbons (Fsp3) is 0.500. The fourth-order valence-electron chi connectivity index (χ4n) is 1.88. The molecule has 0 unspecified atom stereocenters. The van der Waals surface area contributed by atoms with Gasteiger partial charge < -0.3 is 14.3 Å². The smallest absolute Gasteiger partial charge is 0.124 e. The van der Waals surface area contributed by atoms with Crippen molar-refractivity contribution < 1.29 is 4.42 Å². The molecule has 0 saturated heterocycles. The molecule has 0 aromatic carbocycles. The highest BCUT2D eigenvalue weighted by Gasteiger charge is 2.09. The lowest BCUT2D eigenvalue weighted by Gasteiger charge is -2.06. The molecular weight excluding hydrogens is 226 g/mol. The van der Waals surface area contributed by atoms with Crippen LogP contribution in [-0.2, 0) is 13.1 Å². The second-order valence-corrected chi connectivity index (χ2v) is 4.96. The number of aryl methyl sites for hydroxylation is 2. The van der Waals surface area contributed by atoms with E-state index in [1.54, 1.807) is 0 Å². The van der Waals surface area contributed by atoms with Gasteiger partial charge in [0.15, 0.2) is 0 Å². The molecule has 2 heterocycles. The van der Waals surface area contributed by atoms with E-state index in [2.05, 4.69) is 41.7 Å². The van der Waals surface area contributed by atoms with E-state index in [4.69, 9.17) is 4.42 Å². The normalized spacial score (nSPS) is 11.4. The van der Waals surface area contributed by atoms with Crippen LogP contribution in [0.15, 0.2) is 22.9 Å². The van der Waals surface area contributed by atoms with Crippen LogP contribution in [0.1, 0.15) is 36.8 Å². The topological polar surface area (TPSA) is 43.0 Å². The monoisotopic (exact) mass is 247 g/mol. The number of nitrogens with one attached hydrogen (secondary N) is 1. The minimum Gasteiger partial charge on any atom is -0.463 e. The van der Waals surface area contributed by atoms with Crippen LogP contribution in [-0.4, -0.2) is 15.6 Å². The zero-order valence-electron chi connectivity index (χ0n) is 11.5.